The van der Waals surface area contributed by atoms with E-state index in [9.17, 15) is 9.59 Å². The van der Waals surface area contributed by atoms with Gasteiger partial charge in [0, 0.05) is 10.0 Å². The van der Waals surface area contributed by atoms with Crippen molar-refractivity contribution in [1.29, 1.82) is 0 Å². The molecule has 2 aromatic carbocycles. The first-order valence-electron chi connectivity index (χ1n) is 8.01. The van der Waals surface area contributed by atoms with Crippen LogP contribution < -0.4 is 15.6 Å². The maximum atomic E-state index is 12.3. The van der Waals surface area contributed by atoms with Gasteiger partial charge in [-0.05, 0) is 49.6 Å². The molecule has 2 amide bonds. The number of carbonyl (C=O) groups is 2. The third-order valence-corrected chi connectivity index (χ3v) is 4.61. The van der Waals surface area contributed by atoms with Crippen molar-refractivity contribution in [1.82, 2.24) is 10.9 Å². The van der Waals surface area contributed by atoms with Gasteiger partial charge in [-0.2, -0.15) is 0 Å². The summed E-state index contributed by atoms with van der Waals surface area (Å²) in [5, 5.41) is 0. The second-order valence-electron chi connectivity index (χ2n) is 5.69. The molecule has 2 rings (SSSR count). The van der Waals surface area contributed by atoms with Crippen LogP contribution in [0.3, 0.4) is 0 Å². The molecule has 2 N–H and O–H groups in total. The summed E-state index contributed by atoms with van der Waals surface area (Å²) < 4.78 is 6.59. The number of ether oxygens (including phenoxy) is 1. The minimum absolute atomic E-state index is 0.389. The van der Waals surface area contributed by atoms with Gasteiger partial charge in [0.1, 0.15) is 5.75 Å². The maximum Gasteiger partial charge on any atom is 0.279 e. The van der Waals surface area contributed by atoms with Crippen molar-refractivity contribution in [3.8, 4) is 5.75 Å². The number of hydrogen-bond acceptors (Lipinski definition) is 3. The van der Waals surface area contributed by atoms with Gasteiger partial charge in [-0.3, -0.25) is 20.4 Å². The van der Waals surface area contributed by atoms with Gasteiger partial charge in [-0.15, -0.1) is 0 Å². The van der Waals surface area contributed by atoms with Crippen LogP contribution in [0.25, 0.3) is 0 Å². The fourth-order valence-electron chi connectivity index (χ4n) is 2.17. The summed E-state index contributed by atoms with van der Waals surface area (Å²) in [5.74, 6) is -0.136. The van der Waals surface area contributed by atoms with Gasteiger partial charge < -0.3 is 4.74 Å². The first-order valence-corrected chi connectivity index (χ1v) is 8.80. The molecule has 132 valence electrons. The van der Waals surface area contributed by atoms with Gasteiger partial charge in [0.2, 0.25) is 0 Å². The van der Waals surface area contributed by atoms with Crippen molar-refractivity contribution >= 4 is 27.7 Å². The molecule has 0 aliphatic heterocycles. The molecular weight excluding hydrogens is 384 g/mol. The highest BCUT2D eigenvalue weighted by molar-refractivity contribution is 9.10. The van der Waals surface area contributed by atoms with Crippen molar-refractivity contribution in [3.05, 3.63) is 63.6 Å². The smallest absolute Gasteiger partial charge is 0.279 e. The van der Waals surface area contributed by atoms with Crippen molar-refractivity contribution in [2.45, 2.75) is 33.3 Å². The van der Waals surface area contributed by atoms with E-state index < -0.39 is 12.0 Å². The van der Waals surface area contributed by atoms with Crippen LogP contribution in [0.1, 0.15) is 34.8 Å². The number of hydrogen-bond donors (Lipinski definition) is 2. The third-order valence-electron chi connectivity index (χ3n) is 3.76. The molecule has 0 saturated carbocycles. The number of nitrogens with one attached hydrogen (secondary N) is 2. The Labute approximate surface area is 155 Å². The van der Waals surface area contributed by atoms with Crippen molar-refractivity contribution in [3.63, 3.8) is 0 Å². The second-order valence-corrected chi connectivity index (χ2v) is 6.54. The largest absolute Gasteiger partial charge is 0.480 e. The summed E-state index contributed by atoms with van der Waals surface area (Å²) in [6.45, 7) is 5.70. The quantitative estimate of drug-likeness (QED) is 0.746. The molecule has 0 saturated heterocycles. The maximum absolute atomic E-state index is 12.3. The molecule has 0 aliphatic carbocycles. The Morgan fingerprint density at radius 3 is 2.44 bits per heavy atom. The average molecular weight is 405 g/mol. The number of halogens is 1. The van der Waals surface area contributed by atoms with Crippen LogP contribution >= 0.6 is 15.9 Å². The monoisotopic (exact) mass is 404 g/mol. The van der Waals surface area contributed by atoms with Crippen molar-refractivity contribution in [2.75, 3.05) is 0 Å². The highest BCUT2D eigenvalue weighted by Crippen LogP contribution is 2.19. The zero-order valence-electron chi connectivity index (χ0n) is 14.4. The zero-order valence-corrected chi connectivity index (χ0v) is 16.0. The number of rotatable bonds is 5. The predicted molar refractivity (Wildman–Crippen MR) is 100 cm³/mol. The van der Waals surface area contributed by atoms with E-state index in [-0.39, 0.29) is 5.91 Å². The lowest BCUT2D eigenvalue weighted by Crippen LogP contribution is -2.48. The molecule has 0 bridgehead atoms. The topological polar surface area (TPSA) is 67.4 Å². The van der Waals surface area contributed by atoms with Crippen LogP contribution in [-0.4, -0.2) is 17.9 Å². The molecule has 0 fully saturated rings. The highest BCUT2D eigenvalue weighted by atomic mass is 79.9. The fraction of sp³-hybridized carbons (Fsp3) is 0.263. The van der Waals surface area contributed by atoms with E-state index in [2.05, 4.69) is 26.8 Å². The van der Waals surface area contributed by atoms with E-state index in [4.69, 9.17) is 4.74 Å². The number of benzene rings is 2. The molecule has 0 radical (unpaired) electrons. The van der Waals surface area contributed by atoms with E-state index in [1.165, 1.54) is 0 Å². The Bertz CT molecular complexity index is 777. The van der Waals surface area contributed by atoms with E-state index in [1.54, 1.807) is 12.1 Å². The standard InChI is InChI=1S/C19H21BrN2O3/c1-4-16(25-17-8-6-5-7-13(17)3)19(24)22-21-18(23)14-10-9-12(2)15(20)11-14/h5-11,16H,4H2,1-3H3,(H,21,23)(H,22,24). The molecule has 6 heteroatoms. The van der Waals surface area contributed by atoms with Crippen LogP contribution in [0.15, 0.2) is 46.9 Å². The van der Waals surface area contributed by atoms with Gasteiger partial charge >= 0.3 is 0 Å². The SMILES string of the molecule is CCC(Oc1ccccc1C)C(=O)NNC(=O)c1ccc(C)c(Br)c1. The molecule has 1 atom stereocenters. The Kier molecular flexibility index (Phi) is 6.58. The summed E-state index contributed by atoms with van der Waals surface area (Å²) in [5.41, 5.74) is 7.27. The number of para-hydroxylation sites is 1. The molecule has 25 heavy (non-hydrogen) atoms. The Balaban J connectivity index is 1.96. The van der Waals surface area contributed by atoms with Crippen LogP contribution in [0.5, 0.6) is 5.75 Å². The van der Waals surface area contributed by atoms with E-state index in [1.807, 2.05) is 51.1 Å². The summed E-state index contributed by atoms with van der Waals surface area (Å²) in [7, 11) is 0. The minimum Gasteiger partial charge on any atom is -0.480 e. The van der Waals surface area contributed by atoms with E-state index >= 15 is 0 Å². The van der Waals surface area contributed by atoms with Gasteiger partial charge in [-0.1, -0.05) is 47.1 Å². The van der Waals surface area contributed by atoms with Gasteiger partial charge in [-0.25, -0.2) is 0 Å². The Morgan fingerprint density at radius 1 is 1.08 bits per heavy atom. The second kappa shape index (κ2) is 8.67. The average Bonchev–Trinajstić information content (AvgIpc) is 2.61. The highest BCUT2D eigenvalue weighted by Gasteiger charge is 2.20. The van der Waals surface area contributed by atoms with Crippen LogP contribution in [-0.2, 0) is 4.79 Å². The Hall–Kier alpha value is -2.34. The lowest BCUT2D eigenvalue weighted by Gasteiger charge is -2.18. The fourth-order valence-corrected chi connectivity index (χ4v) is 2.55. The van der Waals surface area contributed by atoms with Gasteiger partial charge in [0.25, 0.3) is 11.8 Å². The van der Waals surface area contributed by atoms with E-state index in [0.717, 1.165) is 15.6 Å². The number of hydrazine groups is 1. The first-order chi connectivity index (χ1) is 11.9. The summed E-state index contributed by atoms with van der Waals surface area (Å²) in [6, 6.07) is 12.7. The molecule has 0 heterocycles. The number of carbonyl (C=O) groups excluding carboxylic acids is 2. The normalized spacial score (nSPS) is 11.5. The molecule has 2 aromatic rings. The predicted octanol–water partition coefficient (Wildman–Crippen LogP) is 3.68. The summed E-state index contributed by atoms with van der Waals surface area (Å²) in [6.07, 6.45) is -0.210. The van der Waals surface area contributed by atoms with Gasteiger partial charge in [0.05, 0.1) is 0 Å². The lowest BCUT2D eigenvalue weighted by molar-refractivity contribution is -0.128. The zero-order chi connectivity index (χ0) is 18.4. The summed E-state index contributed by atoms with van der Waals surface area (Å²) in [4.78, 5) is 24.4. The summed E-state index contributed by atoms with van der Waals surface area (Å²) >= 11 is 3.39. The number of amides is 2. The first kappa shape index (κ1) is 19.0. The van der Waals surface area contributed by atoms with Crippen LogP contribution in [0.2, 0.25) is 0 Å². The molecule has 5 nitrogen and oxygen atoms in total. The molecule has 0 aliphatic rings. The van der Waals surface area contributed by atoms with Crippen molar-refractivity contribution in [2.24, 2.45) is 0 Å². The Morgan fingerprint density at radius 2 is 1.80 bits per heavy atom. The third kappa shape index (κ3) is 5.06. The van der Waals surface area contributed by atoms with E-state index in [0.29, 0.717) is 17.7 Å². The lowest BCUT2D eigenvalue weighted by atomic mass is 10.1. The van der Waals surface area contributed by atoms with Crippen LogP contribution in [0.4, 0.5) is 0 Å². The minimum atomic E-state index is -0.689. The van der Waals surface area contributed by atoms with Gasteiger partial charge in [0.15, 0.2) is 6.10 Å². The van der Waals surface area contributed by atoms with Crippen molar-refractivity contribution < 1.29 is 14.3 Å². The molecule has 0 aromatic heterocycles. The molecular formula is C19H21BrN2O3. The molecule has 0 spiro atoms. The van der Waals surface area contributed by atoms with Crippen LogP contribution in [0, 0.1) is 13.8 Å². The number of aryl methyl sites for hydroxylation is 2. The molecule has 1 unspecified atom stereocenters.